The summed E-state index contributed by atoms with van der Waals surface area (Å²) < 4.78 is 1.00. The molecule has 4 heteroatoms. The molecule has 0 saturated carbocycles. The molecule has 17 heavy (non-hydrogen) atoms. The zero-order chi connectivity index (χ0) is 12.4. The van der Waals surface area contributed by atoms with Crippen LogP contribution in [-0.4, -0.2) is 22.3 Å². The smallest absolute Gasteiger partial charge is 0.332 e. The lowest BCUT2D eigenvalue weighted by Gasteiger charge is -2.07. The summed E-state index contributed by atoms with van der Waals surface area (Å²) in [5.74, 6) is -1.19. The molecule has 2 aromatic carbocycles. The molecule has 0 radical (unpaired) electrons. The predicted octanol–water partition coefficient (Wildman–Crippen LogP) is 2.59. The Hall–Kier alpha value is -1.39. The van der Waals surface area contributed by atoms with Crippen LogP contribution in [-0.2, 0) is 11.2 Å². The van der Waals surface area contributed by atoms with Crippen molar-refractivity contribution in [3.63, 3.8) is 0 Å². The van der Waals surface area contributed by atoms with Crippen LogP contribution < -0.4 is 0 Å². The summed E-state index contributed by atoms with van der Waals surface area (Å²) in [4.78, 5) is 10.6. The van der Waals surface area contributed by atoms with Gasteiger partial charge in [-0.1, -0.05) is 40.2 Å². The van der Waals surface area contributed by atoms with E-state index in [-0.39, 0.29) is 6.42 Å². The number of carboxylic acid groups (broad SMARTS) is 1. The highest BCUT2D eigenvalue weighted by Crippen LogP contribution is 2.21. The van der Waals surface area contributed by atoms with Crippen molar-refractivity contribution >= 4 is 32.7 Å². The number of carboxylic acids is 1. The number of hydrogen-bond donors (Lipinski definition) is 2. The molecule has 0 bridgehead atoms. The summed E-state index contributed by atoms with van der Waals surface area (Å²) in [7, 11) is 0. The third-order valence-corrected chi connectivity index (χ3v) is 3.07. The standard InChI is InChI=1S/C13H11BrO3/c14-11-4-3-9-5-8(1-2-10(9)7-11)6-12(15)13(16)17/h1-5,7,12,15H,6H2,(H,16,17). The first-order chi connectivity index (χ1) is 8.06. The SMILES string of the molecule is O=C(O)C(O)Cc1ccc2cc(Br)ccc2c1. The number of aliphatic hydroxyl groups excluding tert-OH is 1. The molecule has 88 valence electrons. The maximum Gasteiger partial charge on any atom is 0.332 e. The van der Waals surface area contributed by atoms with E-state index >= 15 is 0 Å². The average Bonchev–Trinajstić information content (AvgIpc) is 2.29. The molecular weight excluding hydrogens is 284 g/mol. The van der Waals surface area contributed by atoms with Gasteiger partial charge in [0.25, 0.3) is 0 Å². The summed E-state index contributed by atoms with van der Waals surface area (Å²) in [6.07, 6.45) is -1.22. The molecule has 1 atom stereocenters. The van der Waals surface area contributed by atoms with Crippen LogP contribution >= 0.6 is 15.9 Å². The lowest BCUT2D eigenvalue weighted by atomic mass is 10.0. The third-order valence-electron chi connectivity index (χ3n) is 2.58. The fourth-order valence-electron chi connectivity index (χ4n) is 1.70. The number of fused-ring (bicyclic) bond motifs is 1. The minimum absolute atomic E-state index is 0.126. The Balaban J connectivity index is 2.32. The minimum Gasteiger partial charge on any atom is -0.479 e. The number of aliphatic hydroxyl groups is 1. The van der Waals surface area contributed by atoms with Gasteiger partial charge < -0.3 is 10.2 Å². The van der Waals surface area contributed by atoms with E-state index in [4.69, 9.17) is 5.11 Å². The number of benzene rings is 2. The van der Waals surface area contributed by atoms with Gasteiger partial charge in [-0.15, -0.1) is 0 Å². The molecule has 2 N–H and O–H groups in total. The molecule has 0 saturated heterocycles. The summed E-state index contributed by atoms with van der Waals surface area (Å²) in [6, 6.07) is 11.5. The molecule has 0 fully saturated rings. The van der Waals surface area contributed by atoms with Crippen LogP contribution in [0.5, 0.6) is 0 Å². The Labute approximate surface area is 107 Å². The topological polar surface area (TPSA) is 57.5 Å². The maximum absolute atomic E-state index is 10.6. The highest BCUT2D eigenvalue weighted by Gasteiger charge is 2.13. The summed E-state index contributed by atoms with van der Waals surface area (Å²) in [6.45, 7) is 0. The van der Waals surface area contributed by atoms with E-state index in [0.717, 1.165) is 20.8 Å². The van der Waals surface area contributed by atoms with E-state index in [1.807, 2.05) is 36.4 Å². The van der Waals surface area contributed by atoms with Crippen LogP contribution in [0.25, 0.3) is 10.8 Å². The van der Waals surface area contributed by atoms with Crippen molar-refractivity contribution < 1.29 is 15.0 Å². The minimum atomic E-state index is -1.34. The lowest BCUT2D eigenvalue weighted by molar-refractivity contribution is -0.146. The normalized spacial score (nSPS) is 12.6. The van der Waals surface area contributed by atoms with E-state index in [9.17, 15) is 9.90 Å². The van der Waals surface area contributed by atoms with E-state index in [1.54, 1.807) is 0 Å². The Morgan fingerprint density at radius 3 is 2.53 bits per heavy atom. The first-order valence-electron chi connectivity index (χ1n) is 5.15. The zero-order valence-corrected chi connectivity index (χ0v) is 10.5. The van der Waals surface area contributed by atoms with Gasteiger partial charge in [0.05, 0.1) is 0 Å². The van der Waals surface area contributed by atoms with Gasteiger partial charge in [-0.25, -0.2) is 4.79 Å². The van der Waals surface area contributed by atoms with Gasteiger partial charge in [-0.2, -0.15) is 0 Å². The second-order valence-corrected chi connectivity index (χ2v) is 4.80. The molecule has 0 aliphatic heterocycles. The Kier molecular flexibility index (Phi) is 3.45. The lowest BCUT2D eigenvalue weighted by Crippen LogP contribution is -2.21. The molecule has 1 unspecified atom stereocenters. The van der Waals surface area contributed by atoms with Gasteiger partial charge in [0, 0.05) is 10.9 Å². The average molecular weight is 295 g/mol. The number of halogens is 1. The van der Waals surface area contributed by atoms with Crippen molar-refractivity contribution in [1.82, 2.24) is 0 Å². The van der Waals surface area contributed by atoms with Crippen molar-refractivity contribution in [3.8, 4) is 0 Å². The Bertz CT molecular complexity index is 566. The largest absolute Gasteiger partial charge is 0.479 e. The number of rotatable bonds is 3. The van der Waals surface area contributed by atoms with E-state index < -0.39 is 12.1 Å². The van der Waals surface area contributed by atoms with Gasteiger partial charge >= 0.3 is 5.97 Å². The quantitative estimate of drug-likeness (QED) is 0.915. The van der Waals surface area contributed by atoms with Crippen LogP contribution in [0.2, 0.25) is 0 Å². The van der Waals surface area contributed by atoms with Crippen LogP contribution in [0.3, 0.4) is 0 Å². The van der Waals surface area contributed by atoms with Crippen molar-refractivity contribution in [1.29, 1.82) is 0 Å². The monoisotopic (exact) mass is 294 g/mol. The molecule has 0 heterocycles. The maximum atomic E-state index is 10.6. The van der Waals surface area contributed by atoms with Crippen LogP contribution in [0, 0.1) is 0 Å². The molecule has 0 aliphatic rings. The van der Waals surface area contributed by atoms with Gasteiger partial charge in [0.15, 0.2) is 6.10 Å². The van der Waals surface area contributed by atoms with Crippen molar-refractivity contribution in [2.45, 2.75) is 12.5 Å². The van der Waals surface area contributed by atoms with Crippen LogP contribution in [0.4, 0.5) is 0 Å². The molecule has 0 aliphatic carbocycles. The number of carbonyl (C=O) groups is 1. The predicted molar refractivity (Wildman–Crippen MR) is 69.0 cm³/mol. The second-order valence-electron chi connectivity index (χ2n) is 3.88. The molecule has 0 spiro atoms. The number of hydrogen-bond acceptors (Lipinski definition) is 2. The zero-order valence-electron chi connectivity index (χ0n) is 8.93. The molecule has 2 aromatic rings. The van der Waals surface area contributed by atoms with E-state index in [0.29, 0.717) is 0 Å². The Morgan fingerprint density at radius 1 is 1.18 bits per heavy atom. The third kappa shape index (κ3) is 2.84. The molecule has 0 amide bonds. The molecule has 3 nitrogen and oxygen atoms in total. The fraction of sp³-hybridized carbons (Fsp3) is 0.154. The van der Waals surface area contributed by atoms with Crippen molar-refractivity contribution in [2.75, 3.05) is 0 Å². The van der Waals surface area contributed by atoms with Gasteiger partial charge in [-0.05, 0) is 28.5 Å². The highest BCUT2D eigenvalue weighted by atomic mass is 79.9. The van der Waals surface area contributed by atoms with E-state index in [1.165, 1.54) is 0 Å². The van der Waals surface area contributed by atoms with Crippen molar-refractivity contribution in [2.24, 2.45) is 0 Å². The molecular formula is C13H11BrO3. The van der Waals surface area contributed by atoms with Crippen LogP contribution in [0.1, 0.15) is 5.56 Å². The molecule has 2 rings (SSSR count). The van der Waals surface area contributed by atoms with Crippen LogP contribution in [0.15, 0.2) is 40.9 Å². The van der Waals surface area contributed by atoms with Gasteiger partial charge in [-0.3, -0.25) is 0 Å². The summed E-state index contributed by atoms with van der Waals surface area (Å²) in [5.41, 5.74) is 0.815. The second kappa shape index (κ2) is 4.85. The van der Waals surface area contributed by atoms with Gasteiger partial charge in [0.2, 0.25) is 0 Å². The summed E-state index contributed by atoms with van der Waals surface area (Å²) in [5, 5.41) is 20.0. The number of aliphatic carboxylic acids is 1. The fourth-order valence-corrected chi connectivity index (χ4v) is 2.08. The molecule has 0 aromatic heterocycles. The first-order valence-corrected chi connectivity index (χ1v) is 5.94. The van der Waals surface area contributed by atoms with E-state index in [2.05, 4.69) is 15.9 Å². The highest BCUT2D eigenvalue weighted by molar-refractivity contribution is 9.10. The summed E-state index contributed by atoms with van der Waals surface area (Å²) >= 11 is 3.39. The van der Waals surface area contributed by atoms with Crippen molar-refractivity contribution in [3.05, 3.63) is 46.4 Å². The Morgan fingerprint density at radius 2 is 1.82 bits per heavy atom. The van der Waals surface area contributed by atoms with Gasteiger partial charge in [0.1, 0.15) is 0 Å². The first kappa shape index (κ1) is 12.1.